The predicted octanol–water partition coefficient (Wildman–Crippen LogP) is 4.77. The molecule has 0 aliphatic heterocycles. The fourth-order valence-electron chi connectivity index (χ4n) is 3.73. The van der Waals surface area contributed by atoms with E-state index in [0.717, 1.165) is 16.5 Å². The third-order valence-corrected chi connectivity index (χ3v) is 6.58. The fraction of sp³-hybridized carbons (Fsp3) is 0.269. The highest BCUT2D eigenvalue weighted by Gasteiger charge is 2.18. The second kappa shape index (κ2) is 9.77. The lowest BCUT2D eigenvalue weighted by Gasteiger charge is -2.21. The van der Waals surface area contributed by atoms with Gasteiger partial charge in [-0.2, -0.15) is 0 Å². The number of ether oxygens (including phenoxy) is 1. The molecule has 1 aromatic heterocycles. The molecule has 0 unspecified atom stereocenters. The molecule has 0 bridgehead atoms. The summed E-state index contributed by atoms with van der Waals surface area (Å²) in [5.41, 5.74) is 2.83. The maximum atomic E-state index is 12.7. The number of rotatable bonds is 7. The van der Waals surface area contributed by atoms with Crippen LogP contribution in [0.5, 0.6) is 5.75 Å². The zero-order valence-corrected chi connectivity index (χ0v) is 20.6. The van der Waals surface area contributed by atoms with Crippen LogP contribution in [0.1, 0.15) is 37.7 Å². The van der Waals surface area contributed by atoms with Crippen LogP contribution in [0.15, 0.2) is 65.8 Å². The minimum absolute atomic E-state index is 0.0447. The number of aromatic nitrogens is 3. The first-order valence-corrected chi connectivity index (χ1v) is 12.0. The molecule has 0 saturated heterocycles. The Balaban J connectivity index is 1.44. The number of thioether (sulfide) groups is 1. The first-order chi connectivity index (χ1) is 16.3. The van der Waals surface area contributed by atoms with Gasteiger partial charge in [-0.15, -0.1) is 10.2 Å². The van der Waals surface area contributed by atoms with E-state index >= 15 is 0 Å². The molecule has 34 heavy (non-hydrogen) atoms. The standard InChI is InChI=1S/C26H29N5O2S/c1-26(2,3)19-12-13-22(33-4)21(15-19)28-24(32)16-34-25-30-29-23(31(25)27)14-18-10-7-9-17-8-5-6-11-20(17)18/h5-13,15H,14,16,27H2,1-4H3,(H,28,32). The van der Waals surface area contributed by atoms with E-state index in [-0.39, 0.29) is 17.1 Å². The second-order valence-electron chi connectivity index (χ2n) is 9.09. The van der Waals surface area contributed by atoms with Crippen molar-refractivity contribution in [3.8, 4) is 5.75 Å². The van der Waals surface area contributed by atoms with Crippen LogP contribution in [-0.2, 0) is 16.6 Å². The van der Waals surface area contributed by atoms with Crippen LogP contribution in [0, 0.1) is 0 Å². The van der Waals surface area contributed by atoms with E-state index in [1.165, 1.54) is 21.8 Å². The van der Waals surface area contributed by atoms with Crippen molar-refractivity contribution in [1.29, 1.82) is 0 Å². The molecule has 8 heteroatoms. The average Bonchev–Trinajstić information content (AvgIpc) is 3.16. The van der Waals surface area contributed by atoms with Crippen molar-refractivity contribution in [3.05, 3.63) is 77.6 Å². The molecule has 1 amide bonds. The molecule has 0 radical (unpaired) electrons. The van der Waals surface area contributed by atoms with Crippen LogP contribution < -0.4 is 15.9 Å². The van der Waals surface area contributed by atoms with Gasteiger partial charge in [0.2, 0.25) is 11.1 Å². The number of nitrogens with two attached hydrogens (primary N) is 1. The first kappa shape index (κ1) is 23.6. The van der Waals surface area contributed by atoms with E-state index in [1.54, 1.807) is 7.11 Å². The van der Waals surface area contributed by atoms with E-state index in [9.17, 15) is 4.79 Å². The van der Waals surface area contributed by atoms with Crippen molar-refractivity contribution in [2.75, 3.05) is 24.0 Å². The van der Waals surface area contributed by atoms with Gasteiger partial charge < -0.3 is 15.9 Å². The molecule has 0 aliphatic rings. The van der Waals surface area contributed by atoms with E-state index < -0.39 is 0 Å². The largest absolute Gasteiger partial charge is 0.495 e. The zero-order valence-electron chi connectivity index (χ0n) is 19.8. The number of nitrogen functional groups attached to an aromatic ring is 1. The van der Waals surface area contributed by atoms with Gasteiger partial charge >= 0.3 is 0 Å². The Morgan fingerprint density at radius 3 is 2.62 bits per heavy atom. The Labute approximate surface area is 203 Å². The van der Waals surface area contributed by atoms with Gasteiger partial charge in [-0.05, 0) is 39.4 Å². The van der Waals surface area contributed by atoms with E-state index in [4.69, 9.17) is 10.6 Å². The van der Waals surface area contributed by atoms with Crippen molar-refractivity contribution in [2.45, 2.75) is 37.8 Å². The van der Waals surface area contributed by atoms with Crippen LogP contribution in [-0.4, -0.2) is 33.6 Å². The Morgan fingerprint density at radius 1 is 1.09 bits per heavy atom. The Morgan fingerprint density at radius 2 is 1.85 bits per heavy atom. The van der Waals surface area contributed by atoms with Gasteiger partial charge in [-0.1, -0.05) is 81.1 Å². The number of amides is 1. The third kappa shape index (κ3) is 5.17. The van der Waals surface area contributed by atoms with E-state index in [1.807, 2.05) is 36.4 Å². The number of methoxy groups -OCH3 is 1. The van der Waals surface area contributed by atoms with Crippen molar-refractivity contribution in [2.24, 2.45) is 0 Å². The molecule has 3 N–H and O–H groups in total. The lowest BCUT2D eigenvalue weighted by Crippen LogP contribution is -2.18. The SMILES string of the molecule is COc1ccc(C(C)(C)C)cc1NC(=O)CSc1nnc(Cc2cccc3ccccc23)n1N. The summed E-state index contributed by atoms with van der Waals surface area (Å²) >= 11 is 1.24. The smallest absolute Gasteiger partial charge is 0.234 e. The Kier molecular flexibility index (Phi) is 6.79. The third-order valence-electron chi connectivity index (χ3n) is 5.64. The highest BCUT2D eigenvalue weighted by molar-refractivity contribution is 7.99. The summed E-state index contributed by atoms with van der Waals surface area (Å²) in [4.78, 5) is 12.7. The van der Waals surface area contributed by atoms with Crippen LogP contribution in [0.3, 0.4) is 0 Å². The molecule has 0 aliphatic carbocycles. The van der Waals surface area contributed by atoms with Crippen LogP contribution >= 0.6 is 11.8 Å². The van der Waals surface area contributed by atoms with Crippen LogP contribution in [0.4, 0.5) is 5.69 Å². The number of hydrogen-bond acceptors (Lipinski definition) is 6. The molecule has 0 spiro atoms. The second-order valence-corrected chi connectivity index (χ2v) is 10.0. The number of nitrogens with zero attached hydrogens (tertiary/aromatic N) is 3. The Bertz CT molecular complexity index is 1320. The molecular formula is C26H29N5O2S. The topological polar surface area (TPSA) is 95.1 Å². The number of benzene rings is 3. The minimum Gasteiger partial charge on any atom is -0.495 e. The highest BCUT2D eigenvalue weighted by atomic mass is 32.2. The van der Waals surface area contributed by atoms with Gasteiger partial charge in [0.1, 0.15) is 5.75 Å². The van der Waals surface area contributed by atoms with E-state index in [0.29, 0.717) is 28.8 Å². The molecule has 0 fully saturated rings. The molecule has 7 nitrogen and oxygen atoms in total. The lowest BCUT2D eigenvalue weighted by atomic mass is 9.87. The predicted molar refractivity (Wildman–Crippen MR) is 138 cm³/mol. The summed E-state index contributed by atoms with van der Waals surface area (Å²) in [5.74, 6) is 7.49. The van der Waals surface area contributed by atoms with Crippen LogP contribution in [0.2, 0.25) is 0 Å². The number of fused-ring (bicyclic) bond motifs is 1. The quantitative estimate of drug-likeness (QED) is 0.295. The van der Waals surface area contributed by atoms with Gasteiger partial charge in [-0.3, -0.25) is 4.79 Å². The number of carbonyl (C=O) groups excluding carboxylic acids is 1. The zero-order chi connectivity index (χ0) is 24.3. The number of anilines is 1. The summed E-state index contributed by atoms with van der Waals surface area (Å²) in [7, 11) is 1.59. The lowest BCUT2D eigenvalue weighted by molar-refractivity contribution is -0.113. The number of nitrogens with one attached hydrogen (secondary N) is 1. The number of carbonyl (C=O) groups is 1. The van der Waals surface area contributed by atoms with Crippen molar-refractivity contribution < 1.29 is 9.53 Å². The molecule has 4 aromatic rings. The maximum absolute atomic E-state index is 12.7. The summed E-state index contributed by atoms with van der Waals surface area (Å²) in [6.45, 7) is 6.38. The average molecular weight is 476 g/mol. The van der Waals surface area contributed by atoms with Crippen molar-refractivity contribution in [3.63, 3.8) is 0 Å². The monoisotopic (exact) mass is 475 g/mol. The fourth-order valence-corrected chi connectivity index (χ4v) is 4.41. The van der Waals surface area contributed by atoms with Gasteiger partial charge in [0, 0.05) is 6.42 Å². The molecule has 0 atom stereocenters. The normalized spacial score (nSPS) is 11.5. The number of hydrogen-bond donors (Lipinski definition) is 2. The highest BCUT2D eigenvalue weighted by Crippen LogP contribution is 2.31. The van der Waals surface area contributed by atoms with Gasteiger partial charge in [0.15, 0.2) is 5.82 Å². The summed E-state index contributed by atoms with van der Waals surface area (Å²) < 4.78 is 6.88. The first-order valence-electron chi connectivity index (χ1n) is 11.0. The Hall–Kier alpha value is -3.52. The summed E-state index contributed by atoms with van der Waals surface area (Å²) in [5, 5.41) is 14.2. The summed E-state index contributed by atoms with van der Waals surface area (Å²) in [6.07, 6.45) is 0.550. The molecule has 0 saturated carbocycles. The molecule has 176 valence electrons. The minimum atomic E-state index is -0.173. The molecule has 1 heterocycles. The van der Waals surface area contributed by atoms with Crippen molar-refractivity contribution in [1.82, 2.24) is 14.9 Å². The van der Waals surface area contributed by atoms with Crippen molar-refractivity contribution >= 4 is 34.1 Å². The maximum Gasteiger partial charge on any atom is 0.234 e. The molecule has 4 rings (SSSR count). The molecule has 3 aromatic carbocycles. The van der Waals surface area contributed by atoms with Crippen LogP contribution in [0.25, 0.3) is 10.8 Å². The van der Waals surface area contributed by atoms with E-state index in [2.05, 4.69) is 60.6 Å². The summed E-state index contributed by atoms with van der Waals surface area (Å²) in [6, 6.07) is 20.2. The van der Waals surface area contributed by atoms with Gasteiger partial charge in [0.05, 0.1) is 18.6 Å². The molecular weight excluding hydrogens is 446 g/mol. The van der Waals surface area contributed by atoms with Gasteiger partial charge in [-0.25, -0.2) is 4.68 Å². The van der Waals surface area contributed by atoms with Gasteiger partial charge in [0.25, 0.3) is 0 Å².